The van der Waals surface area contributed by atoms with Crippen molar-refractivity contribution in [2.45, 2.75) is 25.7 Å². The number of carbonyl (C=O) groups excluding carboxylic acids is 2. The van der Waals surface area contributed by atoms with Gasteiger partial charge in [0.1, 0.15) is 0 Å². The number of hydrogen-bond acceptors (Lipinski definition) is 3. The molecule has 5 heteroatoms. The van der Waals surface area contributed by atoms with Crippen molar-refractivity contribution in [3.8, 4) is 6.07 Å². The quantitative estimate of drug-likeness (QED) is 0.938. The number of carbonyl (C=O) groups is 2. The van der Waals surface area contributed by atoms with E-state index in [-0.39, 0.29) is 18.2 Å². The molecule has 126 valence electrons. The summed E-state index contributed by atoms with van der Waals surface area (Å²) in [5.41, 5.74) is 3.33. The number of fused-ring (bicyclic) bond motifs is 1. The topological polar surface area (TPSA) is 73.2 Å². The molecule has 2 amide bonds. The molecule has 0 bridgehead atoms. The molecule has 0 fully saturated rings. The third-order valence-electron chi connectivity index (χ3n) is 4.60. The van der Waals surface area contributed by atoms with Gasteiger partial charge in [-0.15, -0.1) is 0 Å². The van der Waals surface area contributed by atoms with E-state index in [0.29, 0.717) is 11.3 Å². The average molecular weight is 333 g/mol. The van der Waals surface area contributed by atoms with Gasteiger partial charge in [0.15, 0.2) is 0 Å². The molecule has 0 saturated carbocycles. The first-order chi connectivity index (χ1) is 11.8. The summed E-state index contributed by atoms with van der Waals surface area (Å²) in [7, 11) is 1.77. The van der Waals surface area contributed by atoms with Gasteiger partial charge >= 0.3 is 0 Å². The van der Waals surface area contributed by atoms with E-state index in [4.69, 9.17) is 5.26 Å². The van der Waals surface area contributed by atoms with E-state index in [1.54, 1.807) is 36.2 Å². The maximum Gasteiger partial charge on any atom is 0.236 e. The maximum absolute atomic E-state index is 12.3. The first-order valence-corrected chi connectivity index (χ1v) is 8.04. The monoisotopic (exact) mass is 333 g/mol. The number of amides is 2. The number of hydrogen-bond donors (Lipinski definition) is 1. The molecule has 0 saturated heterocycles. The lowest BCUT2D eigenvalue weighted by atomic mass is 9.85. The molecule has 0 radical (unpaired) electrons. The minimum absolute atomic E-state index is 0.0571. The van der Waals surface area contributed by atoms with Crippen LogP contribution < -0.4 is 10.2 Å². The molecule has 3 rings (SSSR count). The fourth-order valence-electron chi connectivity index (χ4n) is 3.15. The van der Waals surface area contributed by atoms with Crippen LogP contribution in [0.5, 0.6) is 0 Å². The second kappa shape index (κ2) is 6.06. The Labute approximate surface area is 146 Å². The standard InChI is InChI=1S/C20H19N3O2/c1-20(2)16-10-14(6-9-17(16)23(3)19(20)25)11-18(24)22-15-7-4-13(12-21)5-8-15/h4-10H,11H2,1-3H3,(H,22,24). The van der Waals surface area contributed by atoms with Crippen LogP contribution in [-0.4, -0.2) is 18.9 Å². The lowest BCUT2D eigenvalue weighted by Gasteiger charge is -2.16. The predicted octanol–water partition coefficient (Wildman–Crippen LogP) is 2.99. The molecule has 0 atom stereocenters. The molecule has 0 unspecified atom stereocenters. The molecule has 2 aromatic rings. The second-order valence-electron chi connectivity index (χ2n) is 6.75. The largest absolute Gasteiger partial charge is 0.326 e. The second-order valence-corrected chi connectivity index (χ2v) is 6.75. The summed E-state index contributed by atoms with van der Waals surface area (Å²) in [6, 6.07) is 14.5. The Hall–Kier alpha value is -3.13. The van der Waals surface area contributed by atoms with Crippen LogP contribution in [0.4, 0.5) is 11.4 Å². The van der Waals surface area contributed by atoms with Crippen molar-refractivity contribution in [1.82, 2.24) is 0 Å². The Morgan fingerprint density at radius 1 is 1.20 bits per heavy atom. The normalized spacial score (nSPS) is 14.8. The SMILES string of the molecule is CN1C(=O)C(C)(C)c2cc(CC(=O)Nc3ccc(C#N)cc3)ccc21. The van der Waals surface area contributed by atoms with Gasteiger partial charge in [0.2, 0.25) is 11.8 Å². The third kappa shape index (κ3) is 2.99. The Kier molecular flexibility index (Phi) is 4.05. The lowest BCUT2D eigenvalue weighted by Crippen LogP contribution is -2.33. The molecule has 0 aromatic heterocycles. The van der Waals surface area contributed by atoms with Gasteiger partial charge < -0.3 is 10.2 Å². The Bertz CT molecular complexity index is 892. The Balaban J connectivity index is 1.76. The van der Waals surface area contributed by atoms with Gasteiger partial charge in [0.25, 0.3) is 0 Å². The lowest BCUT2D eigenvalue weighted by molar-refractivity contribution is -0.121. The van der Waals surface area contributed by atoms with Crippen LogP contribution in [0, 0.1) is 11.3 Å². The average Bonchev–Trinajstić information content (AvgIpc) is 2.76. The Morgan fingerprint density at radius 2 is 1.88 bits per heavy atom. The van der Waals surface area contributed by atoms with E-state index in [1.807, 2.05) is 38.1 Å². The zero-order valence-electron chi connectivity index (χ0n) is 14.5. The van der Waals surface area contributed by atoms with Crippen molar-refractivity contribution in [3.05, 3.63) is 59.2 Å². The van der Waals surface area contributed by atoms with Crippen molar-refractivity contribution >= 4 is 23.2 Å². The van der Waals surface area contributed by atoms with Gasteiger partial charge in [-0.3, -0.25) is 9.59 Å². The zero-order valence-corrected chi connectivity index (χ0v) is 14.5. The van der Waals surface area contributed by atoms with Crippen LogP contribution in [0.1, 0.15) is 30.5 Å². The summed E-state index contributed by atoms with van der Waals surface area (Å²) in [4.78, 5) is 26.3. The minimum Gasteiger partial charge on any atom is -0.326 e. The van der Waals surface area contributed by atoms with Crippen LogP contribution in [-0.2, 0) is 21.4 Å². The molecule has 2 aromatic carbocycles. The summed E-state index contributed by atoms with van der Waals surface area (Å²) >= 11 is 0. The van der Waals surface area contributed by atoms with Gasteiger partial charge in [-0.25, -0.2) is 0 Å². The van der Waals surface area contributed by atoms with E-state index in [2.05, 4.69) is 5.32 Å². The summed E-state index contributed by atoms with van der Waals surface area (Å²) in [5, 5.41) is 11.6. The van der Waals surface area contributed by atoms with Gasteiger partial charge in [-0.2, -0.15) is 5.26 Å². The maximum atomic E-state index is 12.3. The van der Waals surface area contributed by atoms with Crippen molar-refractivity contribution in [2.75, 3.05) is 17.3 Å². The van der Waals surface area contributed by atoms with Crippen LogP contribution in [0.15, 0.2) is 42.5 Å². The number of rotatable bonds is 3. The molecular formula is C20H19N3O2. The van der Waals surface area contributed by atoms with Crippen LogP contribution in [0.2, 0.25) is 0 Å². The van der Waals surface area contributed by atoms with E-state index in [9.17, 15) is 9.59 Å². The molecule has 0 aliphatic carbocycles. The van der Waals surface area contributed by atoms with Crippen molar-refractivity contribution in [2.24, 2.45) is 0 Å². The molecular weight excluding hydrogens is 314 g/mol. The van der Waals surface area contributed by atoms with E-state index >= 15 is 0 Å². The number of nitriles is 1. The summed E-state index contributed by atoms with van der Waals surface area (Å²) in [5.74, 6) is -0.0816. The number of nitrogens with zero attached hydrogens (tertiary/aromatic N) is 2. The number of likely N-dealkylation sites (N-methyl/N-ethyl adjacent to an activating group) is 1. The highest BCUT2D eigenvalue weighted by Gasteiger charge is 2.42. The van der Waals surface area contributed by atoms with Crippen molar-refractivity contribution < 1.29 is 9.59 Å². The molecule has 5 nitrogen and oxygen atoms in total. The number of benzene rings is 2. The smallest absolute Gasteiger partial charge is 0.236 e. The van der Waals surface area contributed by atoms with E-state index in [0.717, 1.165) is 16.8 Å². The zero-order chi connectivity index (χ0) is 18.2. The van der Waals surface area contributed by atoms with E-state index in [1.165, 1.54) is 0 Å². The predicted molar refractivity (Wildman–Crippen MR) is 96.4 cm³/mol. The highest BCUT2D eigenvalue weighted by molar-refractivity contribution is 6.07. The third-order valence-corrected chi connectivity index (χ3v) is 4.60. The van der Waals surface area contributed by atoms with Crippen molar-refractivity contribution in [3.63, 3.8) is 0 Å². The van der Waals surface area contributed by atoms with Gasteiger partial charge in [0.05, 0.1) is 23.5 Å². The highest BCUT2D eigenvalue weighted by Crippen LogP contribution is 2.41. The molecule has 1 heterocycles. The van der Waals surface area contributed by atoms with Gasteiger partial charge in [-0.1, -0.05) is 12.1 Å². The first-order valence-electron chi connectivity index (χ1n) is 8.04. The highest BCUT2D eigenvalue weighted by atomic mass is 16.2. The molecule has 1 aliphatic rings. The Morgan fingerprint density at radius 3 is 2.52 bits per heavy atom. The fraction of sp³-hybridized carbons (Fsp3) is 0.250. The summed E-state index contributed by atoms with van der Waals surface area (Å²) in [6.45, 7) is 3.80. The van der Waals surface area contributed by atoms with Crippen LogP contribution in [0.25, 0.3) is 0 Å². The van der Waals surface area contributed by atoms with Gasteiger partial charge in [0, 0.05) is 18.4 Å². The van der Waals surface area contributed by atoms with Crippen molar-refractivity contribution in [1.29, 1.82) is 5.26 Å². The summed E-state index contributed by atoms with van der Waals surface area (Å²) in [6.07, 6.45) is 0.223. The van der Waals surface area contributed by atoms with Crippen LogP contribution >= 0.6 is 0 Å². The van der Waals surface area contributed by atoms with Crippen LogP contribution in [0.3, 0.4) is 0 Å². The van der Waals surface area contributed by atoms with E-state index < -0.39 is 5.41 Å². The number of anilines is 2. The first kappa shape index (κ1) is 16.7. The summed E-state index contributed by atoms with van der Waals surface area (Å²) < 4.78 is 0. The fourth-order valence-corrected chi connectivity index (χ4v) is 3.15. The molecule has 0 spiro atoms. The number of nitrogens with one attached hydrogen (secondary N) is 1. The van der Waals surface area contributed by atoms with Gasteiger partial charge in [-0.05, 0) is 55.3 Å². The molecule has 1 aliphatic heterocycles. The minimum atomic E-state index is -0.580. The molecule has 25 heavy (non-hydrogen) atoms. The molecule has 1 N–H and O–H groups in total.